The summed E-state index contributed by atoms with van der Waals surface area (Å²) in [5.74, 6) is -2.43. The highest BCUT2D eigenvalue weighted by Crippen LogP contribution is 2.25. The molecule has 3 rings (SSSR count). The molecule has 25 heavy (non-hydrogen) atoms. The van der Waals surface area contributed by atoms with Gasteiger partial charge in [-0.2, -0.15) is 0 Å². The number of carbonyl (C=O) groups excluding carboxylic acids is 3. The van der Waals surface area contributed by atoms with E-state index in [4.69, 9.17) is 11.6 Å². The van der Waals surface area contributed by atoms with Crippen LogP contribution in [0.3, 0.4) is 0 Å². The number of amides is 3. The molecule has 0 saturated heterocycles. The fourth-order valence-electron chi connectivity index (χ4n) is 2.60. The molecule has 0 atom stereocenters. The van der Waals surface area contributed by atoms with Gasteiger partial charge in [-0.1, -0.05) is 23.7 Å². The first-order chi connectivity index (χ1) is 11.9. The number of nitrogens with zero attached hydrogens (tertiary/aromatic N) is 1. The summed E-state index contributed by atoms with van der Waals surface area (Å²) in [6.07, 6.45) is -0.0986. The molecule has 0 aliphatic carbocycles. The minimum Gasteiger partial charge on any atom is -0.326 e. The number of hydrogen-bond donors (Lipinski definition) is 1. The lowest BCUT2D eigenvalue weighted by Crippen LogP contribution is -2.33. The number of fused-ring (bicyclic) bond motifs is 1. The summed E-state index contributed by atoms with van der Waals surface area (Å²) in [5, 5.41) is 3.17. The van der Waals surface area contributed by atoms with Crippen LogP contribution < -0.4 is 5.32 Å². The van der Waals surface area contributed by atoms with Crippen LogP contribution >= 0.6 is 11.6 Å². The largest absolute Gasteiger partial charge is 0.326 e. The lowest BCUT2D eigenvalue weighted by Gasteiger charge is -2.13. The summed E-state index contributed by atoms with van der Waals surface area (Å²) in [7, 11) is 0. The molecule has 0 bridgehead atoms. The highest BCUT2D eigenvalue weighted by molar-refractivity contribution is 6.31. The summed E-state index contributed by atoms with van der Waals surface area (Å²) in [4.78, 5) is 37.3. The van der Waals surface area contributed by atoms with Crippen molar-refractivity contribution in [1.29, 1.82) is 0 Å². The monoisotopic (exact) mass is 360 g/mol. The third-order valence-corrected chi connectivity index (χ3v) is 4.37. The SMILES string of the molecule is Cc1ccc(NC(=O)CCN2C(=O)c3cccc(F)c3C2=O)cc1Cl. The lowest BCUT2D eigenvalue weighted by molar-refractivity contribution is -0.116. The standard InChI is InChI=1S/C18H14ClFN2O3/c1-10-5-6-11(9-13(10)19)21-15(23)7-8-22-17(24)12-3-2-4-14(20)16(12)18(22)25/h2-6,9H,7-8H2,1H3,(H,21,23). The Labute approximate surface area is 148 Å². The lowest BCUT2D eigenvalue weighted by atomic mass is 10.1. The normalized spacial score (nSPS) is 13.2. The van der Waals surface area contributed by atoms with Gasteiger partial charge in [0.1, 0.15) is 5.82 Å². The predicted octanol–water partition coefficient (Wildman–Crippen LogP) is 3.41. The summed E-state index contributed by atoms with van der Waals surface area (Å²) in [6, 6.07) is 8.98. The maximum Gasteiger partial charge on any atom is 0.264 e. The summed E-state index contributed by atoms with van der Waals surface area (Å²) < 4.78 is 13.8. The Kier molecular flexibility index (Phi) is 4.55. The van der Waals surface area contributed by atoms with Crippen LogP contribution in [0.4, 0.5) is 10.1 Å². The number of aryl methyl sites for hydroxylation is 1. The van der Waals surface area contributed by atoms with Crippen molar-refractivity contribution in [2.75, 3.05) is 11.9 Å². The number of halogens is 2. The molecule has 128 valence electrons. The fourth-order valence-corrected chi connectivity index (χ4v) is 2.78. The van der Waals surface area contributed by atoms with E-state index < -0.39 is 17.6 Å². The van der Waals surface area contributed by atoms with Crippen molar-refractivity contribution in [2.24, 2.45) is 0 Å². The molecule has 0 aromatic heterocycles. The molecule has 0 saturated carbocycles. The van der Waals surface area contributed by atoms with Crippen LogP contribution in [0.25, 0.3) is 0 Å². The second-order valence-corrected chi connectivity index (χ2v) is 6.09. The Balaban J connectivity index is 1.65. The summed E-state index contributed by atoms with van der Waals surface area (Å²) >= 11 is 6.00. The van der Waals surface area contributed by atoms with Gasteiger partial charge in [-0.05, 0) is 36.8 Å². The van der Waals surface area contributed by atoms with Crippen molar-refractivity contribution in [1.82, 2.24) is 4.90 Å². The third kappa shape index (κ3) is 3.25. The molecular weight excluding hydrogens is 347 g/mol. The van der Waals surface area contributed by atoms with Gasteiger partial charge in [0.05, 0.1) is 11.1 Å². The molecule has 1 N–H and O–H groups in total. The van der Waals surface area contributed by atoms with E-state index in [1.807, 2.05) is 6.92 Å². The topological polar surface area (TPSA) is 66.5 Å². The molecule has 0 spiro atoms. The van der Waals surface area contributed by atoms with Crippen LogP contribution in [0.1, 0.15) is 32.7 Å². The Morgan fingerprint density at radius 2 is 1.96 bits per heavy atom. The second-order valence-electron chi connectivity index (χ2n) is 5.69. The van der Waals surface area contributed by atoms with Gasteiger partial charge in [0.15, 0.2) is 0 Å². The Morgan fingerprint density at radius 3 is 2.64 bits per heavy atom. The molecule has 2 aromatic rings. The molecular formula is C18H14ClFN2O3. The van der Waals surface area contributed by atoms with Crippen molar-refractivity contribution >= 4 is 35.0 Å². The van der Waals surface area contributed by atoms with Gasteiger partial charge in [0, 0.05) is 23.7 Å². The van der Waals surface area contributed by atoms with E-state index in [1.165, 1.54) is 12.1 Å². The Morgan fingerprint density at radius 1 is 1.20 bits per heavy atom. The molecule has 2 aromatic carbocycles. The predicted molar refractivity (Wildman–Crippen MR) is 91.2 cm³/mol. The van der Waals surface area contributed by atoms with E-state index in [9.17, 15) is 18.8 Å². The van der Waals surface area contributed by atoms with Crippen LogP contribution in [0.2, 0.25) is 5.02 Å². The van der Waals surface area contributed by atoms with Gasteiger partial charge >= 0.3 is 0 Å². The van der Waals surface area contributed by atoms with E-state index in [0.29, 0.717) is 10.7 Å². The van der Waals surface area contributed by atoms with Crippen LogP contribution in [-0.2, 0) is 4.79 Å². The zero-order valence-electron chi connectivity index (χ0n) is 13.3. The highest BCUT2D eigenvalue weighted by Gasteiger charge is 2.37. The van der Waals surface area contributed by atoms with Gasteiger partial charge in [-0.15, -0.1) is 0 Å². The molecule has 5 nitrogen and oxygen atoms in total. The molecule has 1 heterocycles. The average Bonchev–Trinajstić information content (AvgIpc) is 2.81. The zero-order valence-corrected chi connectivity index (χ0v) is 14.1. The zero-order chi connectivity index (χ0) is 18.1. The number of hydrogen-bond acceptors (Lipinski definition) is 3. The van der Waals surface area contributed by atoms with E-state index in [-0.39, 0.29) is 30.0 Å². The number of benzene rings is 2. The first kappa shape index (κ1) is 17.1. The molecule has 7 heteroatoms. The quantitative estimate of drug-likeness (QED) is 0.850. The van der Waals surface area contributed by atoms with E-state index in [2.05, 4.69) is 5.32 Å². The number of imide groups is 1. The molecule has 1 aliphatic heterocycles. The average molecular weight is 361 g/mol. The first-order valence-electron chi connectivity index (χ1n) is 7.59. The molecule has 3 amide bonds. The van der Waals surface area contributed by atoms with Crippen molar-refractivity contribution in [3.05, 3.63) is 63.9 Å². The first-order valence-corrected chi connectivity index (χ1v) is 7.97. The number of nitrogens with one attached hydrogen (secondary N) is 1. The molecule has 0 radical (unpaired) electrons. The maximum atomic E-state index is 13.8. The van der Waals surface area contributed by atoms with Gasteiger partial charge in [-0.25, -0.2) is 4.39 Å². The van der Waals surface area contributed by atoms with Gasteiger partial charge in [-0.3, -0.25) is 19.3 Å². The van der Waals surface area contributed by atoms with Crippen molar-refractivity contribution in [3.8, 4) is 0 Å². The minimum absolute atomic E-state index is 0.0238. The molecule has 0 fully saturated rings. The Hall–Kier alpha value is -2.73. The van der Waals surface area contributed by atoms with Crippen LogP contribution in [0.15, 0.2) is 36.4 Å². The molecule has 0 unspecified atom stereocenters. The van der Waals surface area contributed by atoms with E-state index in [0.717, 1.165) is 16.5 Å². The van der Waals surface area contributed by atoms with Crippen LogP contribution in [0, 0.1) is 12.7 Å². The second kappa shape index (κ2) is 6.64. The van der Waals surface area contributed by atoms with E-state index >= 15 is 0 Å². The van der Waals surface area contributed by atoms with E-state index in [1.54, 1.807) is 18.2 Å². The highest BCUT2D eigenvalue weighted by atomic mass is 35.5. The number of carbonyl (C=O) groups is 3. The number of rotatable bonds is 4. The maximum absolute atomic E-state index is 13.8. The minimum atomic E-state index is -0.739. The summed E-state index contributed by atoms with van der Waals surface area (Å²) in [5.41, 5.74) is 1.19. The molecule has 1 aliphatic rings. The third-order valence-electron chi connectivity index (χ3n) is 3.97. The van der Waals surface area contributed by atoms with Crippen LogP contribution in [0.5, 0.6) is 0 Å². The fraction of sp³-hybridized carbons (Fsp3) is 0.167. The van der Waals surface area contributed by atoms with Gasteiger partial charge in [0.2, 0.25) is 5.91 Å². The summed E-state index contributed by atoms with van der Waals surface area (Å²) in [6.45, 7) is 1.71. The smallest absolute Gasteiger partial charge is 0.264 e. The van der Waals surface area contributed by atoms with Gasteiger partial charge < -0.3 is 5.32 Å². The van der Waals surface area contributed by atoms with Gasteiger partial charge in [0.25, 0.3) is 11.8 Å². The van der Waals surface area contributed by atoms with Crippen molar-refractivity contribution < 1.29 is 18.8 Å². The Bertz CT molecular complexity index is 898. The van der Waals surface area contributed by atoms with Crippen molar-refractivity contribution in [2.45, 2.75) is 13.3 Å². The van der Waals surface area contributed by atoms with Crippen molar-refractivity contribution in [3.63, 3.8) is 0 Å². The number of anilines is 1. The van der Waals surface area contributed by atoms with Crippen LogP contribution in [-0.4, -0.2) is 29.2 Å².